The predicted molar refractivity (Wildman–Crippen MR) is 95.8 cm³/mol. The van der Waals surface area contributed by atoms with Gasteiger partial charge >= 0.3 is 0 Å². The van der Waals surface area contributed by atoms with Crippen LogP contribution in [0.25, 0.3) is 10.2 Å². The van der Waals surface area contributed by atoms with Crippen molar-refractivity contribution < 1.29 is 9.59 Å². The van der Waals surface area contributed by atoms with E-state index >= 15 is 0 Å². The lowest BCUT2D eigenvalue weighted by atomic mass is 10.1. The molecule has 0 aliphatic heterocycles. The molecule has 0 fully saturated rings. The molecule has 0 unspecified atom stereocenters. The van der Waals surface area contributed by atoms with Crippen LogP contribution in [0.4, 0.5) is 5.13 Å². The van der Waals surface area contributed by atoms with Gasteiger partial charge in [0.05, 0.1) is 10.2 Å². The first kappa shape index (κ1) is 15.7. The molecule has 0 saturated carbocycles. The Morgan fingerprint density at radius 2 is 1.78 bits per heavy atom. The molecule has 1 N–H and O–H groups in total. The zero-order chi connectivity index (χ0) is 16.4. The number of aromatic nitrogens is 1. The quantitative estimate of drug-likeness (QED) is 0.561. The van der Waals surface area contributed by atoms with Crippen LogP contribution in [0.2, 0.25) is 0 Å². The van der Waals surface area contributed by atoms with Crippen molar-refractivity contribution in [3.8, 4) is 0 Å². The Balaban J connectivity index is 1.83. The highest BCUT2D eigenvalue weighted by molar-refractivity contribution is 7.98. The highest BCUT2D eigenvalue weighted by atomic mass is 32.2. The van der Waals surface area contributed by atoms with Crippen LogP contribution in [0.15, 0.2) is 47.4 Å². The van der Waals surface area contributed by atoms with E-state index in [0.717, 1.165) is 15.1 Å². The molecule has 0 atom stereocenters. The van der Waals surface area contributed by atoms with Crippen molar-refractivity contribution in [1.82, 2.24) is 4.98 Å². The van der Waals surface area contributed by atoms with Crippen molar-refractivity contribution >= 4 is 50.1 Å². The number of rotatable bonds is 4. The minimum Gasteiger partial charge on any atom is -0.298 e. The molecule has 23 heavy (non-hydrogen) atoms. The zero-order valence-electron chi connectivity index (χ0n) is 12.6. The largest absolute Gasteiger partial charge is 0.298 e. The standard InChI is InChI=1S/C17H14N2O2S2/c1-10(20)11-6-8-12(9-7-11)16(21)19-17-18-15-13(22-2)4-3-5-14(15)23-17/h3-9H,1-2H3,(H,18,19,21). The summed E-state index contributed by atoms with van der Waals surface area (Å²) in [6.45, 7) is 1.50. The molecule has 6 heteroatoms. The van der Waals surface area contributed by atoms with Gasteiger partial charge in [-0.1, -0.05) is 29.5 Å². The fraction of sp³-hybridized carbons (Fsp3) is 0.118. The number of anilines is 1. The molecule has 1 aromatic heterocycles. The molecule has 0 spiro atoms. The number of nitrogens with one attached hydrogen (secondary N) is 1. The van der Waals surface area contributed by atoms with E-state index in [1.165, 1.54) is 18.3 Å². The summed E-state index contributed by atoms with van der Waals surface area (Å²) in [6.07, 6.45) is 2.00. The fourth-order valence-electron chi connectivity index (χ4n) is 2.17. The average molecular weight is 342 g/mol. The molecule has 0 aliphatic rings. The normalized spacial score (nSPS) is 10.7. The maximum absolute atomic E-state index is 12.3. The van der Waals surface area contributed by atoms with Gasteiger partial charge in [-0.3, -0.25) is 14.9 Å². The second-order valence-electron chi connectivity index (χ2n) is 4.91. The number of nitrogens with zero attached hydrogens (tertiary/aromatic N) is 1. The number of fused-ring (bicyclic) bond motifs is 1. The van der Waals surface area contributed by atoms with Gasteiger partial charge < -0.3 is 0 Å². The average Bonchev–Trinajstić information content (AvgIpc) is 2.97. The minimum absolute atomic E-state index is 0.0206. The molecule has 3 aromatic rings. The van der Waals surface area contributed by atoms with E-state index in [4.69, 9.17) is 0 Å². The zero-order valence-corrected chi connectivity index (χ0v) is 14.3. The van der Waals surface area contributed by atoms with E-state index in [0.29, 0.717) is 16.3 Å². The fourth-order valence-corrected chi connectivity index (χ4v) is 3.68. The van der Waals surface area contributed by atoms with Crippen molar-refractivity contribution in [1.29, 1.82) is 0 Å². The van der Waals surface area contributed by atoms with Gasteiger partial charge in [-0.2, -0.15) is 0 Å². The molecule has 0 radical (unpaired) electrons. The third kappa shape index (κ3) is 3.28. The molecule has 0 aliphatic carbocycles. The first-order valence-corrected chi connectivity index (χ1v) is 8.98. The summed E-state index contributed by atoms with van der Waals surface area (Å²) in [4.78, 5) is 29.2. The number of thiazole rings is 1. The van der Waals surface area contributed by atoms with Gasteiger partial charge in [0.1, 0.15) is 0 Å². The van der Waals surface area contributed by atoms with Crippen LogP contribution in [-0.2, 0) is 0 Å². The summed E-state index contributed by atoms with van der Waals surface area (Å²) in [5.74, 6) is -0.252. The van der Waals surface area contributed by atoms with E-state index in [1.54, 1.807) is 36.0 Å². The van der Waals surface area contributed by atoms with Crippen LogP contribution in [0.3, 0.4) is 0 Å². The van der Waals surface area contributed by atoms with E-state index in [-0.39, 0.29) is 11.7 Å². The van der Waals surface area contributed by atoms with Crippen molar-refractivity contribution in [2.24, 2.45) is 0 Å². The molecule has 3 rings (SSSR count). The first-order chi connectivity index (χ1) is 11.1. The molecule has 4 nitrogen and oxygen atoms in total. The Hall–Kier alpha value is -2.18. The number of hydrogen-bond acceptors (Lipinski definition) is 5. The summed E-state index contributed by atoms with van der Waals surface area (Å²) in [5, 5.41) is 3.39. The molecule has 2 aromatic carbocycles. The van der Waals surface area contributed by atoms with Crippen molar-refractivity contribution in [3.05, 3.63) is 53.6 Å². The van der Waals surface area contributed by atoms with Crippen LogP contribution in [0.1, 0.15) is 27.6 Å². The van der Waals surface area contributed by atoms with Crippen LogP contribution >= 0.6 is 23.1 Å². The van der Waals surface area contributed by atoms with Crippen LogP contribution in [0, 0.1) is 0 Å². The molecule has 1 heterocycles. The number of Topliss-reactive ketones (excluding diaryl/α,β-unsaturated/α-hetero) is 1. The number of para-hydroxylation sites is 1. The number of ketones is 1. The van der Waals surface area contributed by atoms with Gasteiger partial charge in [0.15, 0.2) is 10.9 Å². The number of benzene rings is 2. The highest BCUT2D eigenvalue weighted by Crippen LogP contribution is 2.32. The Labute approximate surface area is 141 Å². The topological polar surface area (TPSA) is 59.1 Å². The number of carbonyl (C=O) groups excluding carboxylic acids is 2. The van der Waals surface area contributed by atoms with Gasteiger partial charge in [-0.05, 0) is 37.4 Å². The van der Waals surface area contributed by atoms with Crippen molar-refractivity contribution in [3.63, 3.8) is 0 Å². The van der Waals surface area contributed by atoms with Crippen molar-refractivity contribution in [2.75, 3.05) is 11.6 Å². The van der Waals surface area contributed by atoms with Gasteiger partial charge in [0.2, 0.25) is 0 Å². The summed E-state index contributed by atoms with van der Waals surface area (Å²) in [7, 11) is 0. The van der Waals surface area contributed by atoms with E-state index in [9.17, 15) is 9.59 Å². The van der Waals surface area contributed by atoms with E-state index in [1.807, 2.05) is 24.5 Å². The summed E-state index contributed by atoms with van der Waals surface area (Å²) >= 11 is 3.08. The Morgan fingerprint density at radius 3 is 2.43 bits per heavy atom. The van der Waals surface area contributed by atoms with Crippen LogP contribution < -0.4 is 5.32 Å². The van der Waals surface area contributed by atoms with Crippen LogP contribution in [-0.4, -0.2) is 22.9 Å². The molecule has 0 bridgehead atoms. The number of amides is 1. The van der Waals surface area contributed by atoms with Gasteiger partial charge in [-0.25, -0.2) is 4.98 Å². The van der Waals surface area contributed by atoms with E-state index < -0.39 is 0 Å². The Kier molecular flexibility index (Phi) is 4.45. The van der Waals surface area contributed by atoms with E-state index in [2.05, 4.69) is 10.3 Å². The minimum atomic E-state index is -0.232. The lowest BCUT2D eigenvalue weighted by molar-refractivity contribution is 0.101. The maximum Gasteiger partial charge on any atom is 0.257 e. The molecular weight excluding hydrogens is 328 g/mol. The Bertz CT molecular complexity index is 885. The molecular formula is C17H14N2O2S2. The third-order valence-electron chi connectivity index (χ3n) is 3.38. The second kappa shape index (κ2) is 6.52. The lowest BCUT2D eigenvalue weighted by Crippen LogP contribution is -2.11. The summed E-state index contributed by atoms with van der Waals surface area (Å²) in [5.41, 5.74) is 2.00. The van der Waals surface area contributed by atoms with Gasteiger partial charge in [0, 0.05) is 16.0 Å². The molecule has 1 amide bonds. The lowest BCUT2D eigenvalue weighted by Gasteiger charge is -2.02. The summed E-state index contributed by atoms with van der Waals surface area (Å²) in [6, 6.07) is 12.6. The highest BCUT2D eigenvalue weighted by Gasteiger charge is 2.12. The third-order valence-corrected chi connectivity index (χ3v) is 5.08. The number of carbonyl (C=O) groups is 2. The predicted octanol–water partition coefficient (Wildman–Crippen LogP) is 4.47. The Morgan fingerprint density at radius 1 is 1.09 bits per heavy atom. The number of hydrogen-bond donors (Lipinski definition) is 1. The smallest absolute Gasteiger partial charge is 0.257 e. The van der Waals surface area contributed by atoms with Gasteiger partial charge in [0.25, 0.3) is 5.91 Å². The number of thioether (sulfide) groups is 1. The first-order valence-electron chi connectivity index (χ1n) is 6.94. The monoisotopic (exact) mass is 342 g/mol. The molecule has 0 saturated heterocycles. The SMILES string of the molecule is CSc1cccc2sc(NC(=O)c3ccc(C(C)=O)cc3)nc12. The maximum atomic E-state index is 12.3. The van der Waals surface area contributed by atoms with Crippen molar-refractivity contribution in [2.45, 2.75) is 11.8 Å². The van der Waals surface area contributed by atoms with Crippen LogP contribution in [0.5, 0.6) is 0 Å². The van der Waals surface area contributed by atoms with Gasteiger partial charge in [-0.15, -0.1) is 11.8 Å². The summed E-state index contributed by atoms with van der Waals surface area (Å²) < 4.78 is 1.04. The second-order valence-corrected chi connectivity index (χ2v) is 6.79. The molecule has 116 valence electrons.